The monoisotopic (exact) mass is 270 g/mol. The summed E-state index contributed by atoms with van der Waals surface area (Å²) in [5.41, 5.74) is 0. The predicted octanol–water partition coefficient (Wildman–Crippen LogP) is -2.94. The molecule has 0 spiro atoms. The van der Waals surface area contributed by atoms with Gasteiger partial charge in [-0.15, -0.1) is 0 Å². The normalized spacial score (nSPS) is 6.13. The summed E-state index contributed by atoms with van der Waals surface area (Å²) in [4.78, 5) is 27.7. The zero-order chi connectivity index (χ0) is 12.1. The number of hydrogen-bond acceptors (Lipinski definition) is 5. The Labute approximate surface area is 101 Å². The fourth-order valence-electron chi connectivity index (χ4n) is 0.125. The number of carbonyl (C=O) groups is 3. The maximum Gasteiger partial charge on any atom is 2.00 e. The summed E-state index contributed by atoms with van der Waals surface area (Å²) in [7, 11) is 3.14. The smallest absolute Gasteiger partial charge is 0.550 e. The van der Waals surface area contributed by atoms with Crippen molar-refractivity contribution in [2.45, 2.75) is 13.8 Å². The molecule has 0 heterocycles. The molecular formula is C7H14N2O5Zn. The molecule has 0 fully saturated rings. The van der Waals surface area contributed by atoms with E-state index in [-0.39, 0.29) is 25.5 Å². The molecule has 15 heavy (non-hydrogen) atoms. The van der Waals surface area contributed by atoms with E-state index in [1.165, 1.54) is 0 Å². The van der Waals surface area contributed by atoms with Crippen LogP contribution in [0, 0.1) is 0 Å². The molecule has 2 amide bonds. The van der Waals surface area contributed by atoms with E-state index in [1.54, 1.807) is 14.1 Å². The average Bonchev–Trinajstić information content (AvgIpc) is 2.01. The maximum atomic E-state index is 9.96. The van der Waals surface area contributed by atoms with Crippen LogP contribution in [0.25, 0.3) is 0 Å². The van der Waals surface area contributed by atoms with Crippen molar-refractivity contribution in [3.63, 3.8) is 0 Å². The minimum atomic E-state index is -1.08. The molecule has 0 aliphatic carbocycles. The van der Waals surface area contributed by atoms with Gasteiger partial charge in [-0.1, -0.05) is 0 Å². The maximum absolute atomic E-state index is 9.96. The number of carbonyl (C=O) groups excluding carboxylic acids is 3. The summed E-state index contributed by atoms with van der Waals surface area (Å²) in [5.74, 6) is -2.17. The number of hydrogen-bond donors (Lipinski definition) is 2. The van der Waals surface area contributed by atoms with Gasteiger partial charge in [0.2, 0.25) is 0 Å². The van der Waals surface area contributed by atoms with E-state index in [2.05, 4.69) is 10.6 Å². The van der Waals surface area contributed by atoms with Gasteiger partial charge in [0, 0.05) is 26.0 Å². The average molecular weight is 272 g/mol. The van der Waals surface area contributed by atoms with Gasteiger partial charge in [0.25, 0.3) is 0 Å². The van der Waals surface area contributed by atoms with Gasteiger partial charge in [-0.2, -0.15) is 0 Å². The van der Waals surface area contributed by atoms with Gasteiger partial charge in [0.1, 0.15) is 0 Å². The quantitative estimate of drug-likeness (QED) is 0.456. The number of aliphatic carboxylic acids is 2. The molecular weight excluding hydrogens is 257 g/mol. The second-order valence-corrected chi connectivity index (χ2v) is 1.81. The molecule has 0 unspecified atom stereocenters. The van der Waals surface area contributed by atoms with Gasteiger partial charge in [0.15, 0.2) is 0 Å². The fourth-order valence-corrected chi connectivity index (χ4v) is 0.125. The Morgan fingerprint density at radius 3 is 1.00 bits per heavy atom. The first kappa shape index (κ1) is 23.6. The van der Waals surface area contributed by atoms with Crippen LogP contribution in [0.3, 0.4) is 0 Å². The van der Waals surface area contributed by atoms with Crippen LogP contribution in [0.15, 0.2) is 0 Å². The van der Waals surface area contributed by atoms with E-state index >= 15 is 0 Å². The summed E-state index contributed by atoms with van der Waals surface area (Å²) in [6.07, 6.45) is 0. The first-order valence-corrected chi connectivity index (χ1v) is 3.52. The van der Waals surface area contributed by atoms with Crippen molar-refractivity contribution in [3.05, 3.63) is 0 Å². The van der Waals surface area contributed by atoms with Crippen molar-refractivity contribution in [1.29, 1.82) is 0 Å². The largest absolute Gasteiger partial charge is 2.00 e. The van der Waals surface area contributed by atoms with Crippen LogP contribution in [0.4, 0.5) is 4.79 Å². The third-order valence-corrected chi connectivity index (χ3v) is 0.454. The Bertz CT molecular complexity index is 160. The Morgan fingerprint density at radius 2 is 1.00 bits per heavy atom. The first-order valence-electron chi connectivity index (χ1n) is 3.52. The Hall–Kier alpha value is -1.17. The molecule has 0 aliphatic heterocycles. The van der Waals surface area contributed by atoms with Crippen LogP contribution in [0.1, 0.15) is 13.8 Å². The molecule has 84 valence electrons. The Balaban J connectivity index is -0.0000000606. The van der Waals surface area contributed by atoms with Crippen LogP contribution in [-0.4, -0.2) is 32.1 Å². The van der Waals surface area contributed by atoms with Gasteiger partial charge in [-0.05, 0) is 13.8 Å². The zero-order valence-corrected chi connectivity index (χ0v) is 12.2. The fraction of sp³-hybridized carbons (Fsp3) is 0.571. The molecule has 0 radical (unpaired) electrons. The van der Waals surface area contributed by atoms with Gasteiger partial charge in [0.05, 0.1) is 0 Å². The number of rotatable bonds is 0. The molecule has 0 saturated heterocycles. The topological polar surface area (TPSA) is 121 Å². The summed E-state index contributed by atoms with van der Waals surface area (Å²) in [6, 6.07) is -0.157. The zero-order valence-electron chi connectivity index (χ0n) is 9.25. The third kappa shape index (κ3) is 188. The van der Waals surface area contributed by atoms with E-state index in [0.29, 0.717) is 0 Å². The molecule has 0 aromatic rings. The summed E-state index contributed by atoms with van der Waals surface area (Å²) in [5, 5.41) is 22.5. The SMILES string of the molecule is CC(=O)[O-].CC(=O)[O-].CNC(=O)NC.[Zn+2]. The molecule has 2 N–H and O–H groups in total. The van der Waals surface area contributed by atoms with Crippen LogP contribution < -0.4 is 20.8 Å². The van der Waals surface area contributed by atoms with Crippen LogP contribution in [0.2, 0.25) is 0 Å². The van der Waals surface area contributed by atoms with Crippen molar-refractivity contribution in [3.8, 4) is 0 Å². The van der Waals surface area contributed by atoms with E-state index in [4.69, 9.17) is 19.8 Å². The number of amides is 2. The molecule has 0 bridgehead atoms. The standard InChI is InChI=1S/C3H8N2O.2C2H4O2.Zn/c1-4-3(6)5-2;2*1-2(3)4;/h1-2H3,(H2,4,5,6);2*1H3,(H,3,4);/q;;;+2/p-2. The Kier molecular flexibility index (Phi) is 29.2. The van der Waals surface area contributed by atoms with Gasteiger partial charge in [-0.3, -0.25) is 0 Å². The van der Waals surface area contributed by atoms with Crippen molar-refractivity contribution >= 4 is 18.0 Å². The number of urea groups is 1. The molecule has 0 saturated carbocycles. The molecule has 0 aliphatic rings. The van der Waals surface area contributed by atoms with Crippen molar-refractivity contribution in [2.24, 2.45) is 0 Å². The van der Waals surface area contributed by atoms with Gasteiger partial charge < -0.3 is 30.4 Å². The van der Waals surface area contributed by atoms with Gasteiger partial charge in [-0.25, -0.2) is 4.79 Å². The first-order chi connectivity index (χ1) is 6.27. The molecule has 0 aromatic carbocycles. The van der Waals surface area contributed by atoms with Crippen molar-refractivity contribution < 1.29 is 44.1 Å². The van der Waals surface area contributed by atoms with Crippen LogP contribution in [0.5, 0.6) is 0 Å². The Morgan fingerprint density at radius 1 is 0.867 bits per heavy atom. The van der Waals surface area contributed by atoms with Gasteiger partial charge >= 0.3 is 25.5 Å². The van der Waals surface area contributed by atoms with E-state index < -0.39 is 11.9 Å². The van der Waals surface area contributed by atoms with E-state index in [0.717, 1.165) is 13.8 Å². The summed E-state index contributed by atoms with van der Waals surface area (Å²) < 4.78 is 0. The number of carboxylic acid groups (broad SMARTS) is 2. The number of carboxylic acids is 2. The van der Waals surface area contributed by atoms with E-state index in [1.807, 2.05) is 0 Å². The predicted molar refractivity (Wildman–Crippen MR) is 44.9 cm³/mol. The van der Waals surface area contributed by atoms with Crippen molar-refractivity contribution in [1.82, 2.24) is 10.6 Å². The van der Waals surface area contributed by atoms with Crippen LogP contribution >= 0.6 is 0 Å². The van der Waals surface area contributed by atoms with E-state index in [9.17, 15) is 4.79 Å². The number of nitrogens with one attached hydrogen (secondary N) is 2. The summed E-state index contributed by atoms with van der Waals surface area (Å²) in [6.45, 7) is 1.94. The summed E-state index contributed by atoms with van der Waals surface area (Å²) >= 11 is 0. The molecule has 0 atom stereocenters. The third-order valence-electron chi connectivity index (χ3n) is 0.454. The molecule has 8 heteroatoms. The molecule has 0 rings (SSSR count). The second-order valence-electron chi connectivity index (χ2n) is 1.81. The minimum Gasteiger partial charge on any atom is -0.550 e. The molecule has 7 nitrogen and oxygen atoms in total. The van der Waals surface area contributed by atoms with Crippen molar-refractivity contribution in [2.75, 3.05) is 14.1 Å². The minimum absolute atomic E-state index is 0. The second kappa shape index (κ2) is 18.6. The molecule has 0 aromatic heterocycles. The van der Waals surface area contributed by atoms with Crippen LogP contribution in [-0.2, 0) is 29.1 Å².